The van der Waals surface area contributed by atoms with Crippen LogP contribution < -0.4 is 5.32 Å². The summed E-state index contributed by atoms with van der Waals surface area (Å²) in [6, 6.07) is 6.85. The van der Waals surface area contributed by atoms with Gasteiger partial charge in [0.25, 0.3) is 5.91 Å². The summed E-state index contributed by atoms with van der Waals surface area (Å²) in [5, 5.41) is 3.13. The number of hydrogen-bond acceptors (Lipinski definition) is 5. The van der Waals surface area contributed by atoms with Gasteiger partial charge in [-0.25, -0.2) is 9.78 Å². The first-order chi connectivity index (χ1) is 11.4. The van der Waals surface area contributed by atoms with Crippen LogP contribution in [0, 0.1) is 6.92 Å². The molecule has 1 amide bonds. The van der Waals surface area contributed by atoms with E-state index >= 15 is 0 Å². The van der Waals surface area contributed by atoms with Crippen LogP contribution >= 0.6 is 11.6 Å². The van der Waals surface area contributed by atoms with Crippen LogP contribution in [-0.2, 0) is 9.53 Å². The Morgan fingerprint density at radius 2 is 2.08 bits per heavy atom. The average molecular weight is 349 g/mol. The van der Waals surface area contributed by atoms with E-state index < -0.39 is 18.0 Å². The quantitative estimate of drug-likeness (QED) is 0.640. The number of hydrogen-bond donors (Lipinski definition) is 1. The predicted molar refractivity (Wildman–Crippen MR) is 89.8 cm³/mol. The number of carbonyl (C=O) groups is 2. The van der Waals surface area contributed by atoms with Gasteiger partial charge in [-0.05, 0) is 38.1 Å². The molecule has 0 bridgehead atoms. The summed E-state index contributed by atoms with van der Waals surface area (Å²) in [4.78, 5) is 28.1. The number of amides is 1. The highest BCUT2D eigenvalue weighted by atomic mass is 35.5. The Hall–Kier alpha value is -2.60. The monoisotopic (exact) mass is 348 g/mol. The number of halogens is 1. The van der Waals surface area contributed by atoms with Crippen molar-refractivity contribution in [1.29, 1.82) is 0 Å². The van der Waals surface area contributed by atoms with Gasteiger partial charge in [-0.3, -0.25) is 4.79 Å². The first kappa shape index (κ1) is 17.7. The highest BCUT2D eigenvalue weighted by Crippen LogP contribution is 2.23. The maximum absolute atomic E-state index is 12.2. The van der Waals surface area contributed by atoms with Crippen molar-refractivity contribution in [2.75, 3.05) is 6.54 Å². The van der Waals surface area contributed by atoms with Crippen LogP contribution in [-0.4, -0.2) is 29.5 Å². The van der Waals surface area contributed by atoms with Crippen molar-refractivity contribution in [3.05, 3.63) is 53.4 Å². The van der Waals surface area contributed by atoms with Crippen molar-refractivity contribution in [3.63, 3.8) is 0 Å². The van der Waals surface area contributed by atoms with Crippen molar-refractivity contribution in [2.24, 2.45) is 0 Å². The summed E-state index contributed by atoms with van der Waals surface area (Å²) >= 11 is 5.84. The van der Waals surface area contributed by atoms with Crippen LogP contribution in [0.2, 0.25) is 5.02 Å². The first-order valence-electron chi connectivity index (χ1n) is 7.25. The minimum Gasteiger partial charge on any atom is -0.448 e. The summed E-state index contributed by atoms with van der Waals surface area (Å²) < 4.78 is 10.6. The number of nitrogens with one attached hydrogen (secondary N) is 1. The van der Waals surface area contributed by atoms with Crippen molar-refractivity contribution in [2.45, 2.75) is 20.0 Å². The fourth-order valence-corrected chi connectivity index (χ4v) is 2.01. The molecule has 0 fully saturated rings. The molecule has 0 unspecified atom stereocenters. The van der Waals surface area contributed by atoms with Gasteiger partial charge in [-0.2, -0.15) is 0 Å². The molecule has 1 N–H and O–H groups in total. The molecule has 1 aromatic heterocycles. The third-order valence-corrected chi connectivity index (χ3v) is 3.41. The number of oxazole rings is 1. The van der Waals surface area contributed by atoms with E-state index in [9.17, 15) is 9.59 Å². The minimum atomic E-state index is -0.951. The molecule has 126 valence electrons. The molecule has 0 radical (unpaired) electrons. The molecule has 0 spiro atoms. The van der Waals surface area contributed by atoms with Gasteiger partial charge in [0.15, 0.2) is 11.8 Å². The van der Waals surface area contributed by atoms with Crippen molar-refractivity contribution in [3.8, 4) is 11.5 Å². The van der Waals surface area contributed by atoms with Crippen molar-refractivity contribution < 1.29 is 18.7 Å². The molecular weight excluding hydrogens is 332 g/mol. The van der Waals surface area contributed by atoms with E-state index in [2.05, 4.69) is 16.9 Å². The van der Waals surface area contributed by atoms with Gasteiger partial charge in [0.2, 0.25) is 5.89 Å². The molecule has 0 aliphatic rings. The summed E-state index contributed by atoms with van der Waals surface area (Å²) in [6.45, 7) is 6.87. The van der Waals surface area contributed by atoms with Crippen LogP contribution in [0.5, 0.6) is 0 Å². The lowest BCUT2D eigenvalue weighted by Crippen LogP contribution is -2.36. The Balaban J connectivity index is 2.11. The molecular formula is C17H17ClN2O4. The second kappa shape index (κ2) is 7.79. The lowest BCUT2D eigenvalue weighted by molar-refractivity contribution is -0.128. The molecule has 0 aliphatic heterocycles. The number of nitrogens with zero attached hydrogens (tertiary/aromatic N) is 1. The number of rotatable bonds is 6. The predicted octanol–water partition coefficient (Wildman–Crippen LogP) is 3.15. The van der Waals surface area contributed by atoms with Gasteiger partial charge in [0, 0.05) is 17.1 Å². The molecule has 1 atom stereocenters. The Bertz CT molecular complexity index is 752. The van der Waals surface area contributed by atoms with Gasteiger partial charge in [-0.15, -0.1) is 6.58 Å². The zero-order valence-corrected chi connectivity index (χ0v) is 14.1. The molecule has 0 saturated carbocycles. The van der Waals surface area contributed by atoms with E-state index in [1.54, 1.807) is 31.2 Å². The van der Waals surface area contributed by atoms with E-state index in [-0.39, 0.29) is 11.6 Å². The summed E-state index contributed by atoms with van der Waals surface area (Å²) in [6.07, 6.45) is 0.583. The topological polar surface area (TPSA) is 81.4 Å². The summed E-state index contributed by atoms with van der Waals surface area (Å²) in [7, 11) is 0. The normalized spacial score (nSPS) is 11.6. The highest BCUT2D eigenvalue weighted by molar-refractivity contribution is 6.30. The lowest BCUT2D eigenvalue weighted by atomic mass is 10.2. The second-order valence-electron chi connectivity index (χ2n) is 5.01. The van der Waals surface area contributed by atoms with Crippen LogP contribution in [0.3, 0.4) is 0 Å². The van der Waals surface area contributed by atoms with Gasteiger partial charge in [0.05, 0.1) is 0 Å². The van der Waals surface area contributed by atoms with Gasteiger partial charge in [0.1, 0.15) is 5.76 Å². The van der Waals surface area contributed by atoms with Crippen LogP contribution in [0.25, 0.3) is 11.5 Å². The Kier molecular flexibility index (Phi) is 5.76. The second-order valence-corrected chi connectivity index (χ2v) is 5.45. The summed E-state index contributed by atoms with van der Waals surface area (Å²) in [5.74, 6) is -0.552. The van der Waals surface area contributed by atoms with E-state index in [0.717, 1.165) is 0 Å². The summed E-state index contributed by atoms with van der Waals surface area (Å²) in [5.41, 5.74) is 0.710. The minimum absolute atomic E-state index is 0.0309. The zero-order chi connectivity index (χ0) is 17.7. The fraction of sp³-hybridized carbons (Fsp3) is 0.235. The van der Waals surface area contributed by atoms with E-state index in [0.29, 0.717) is 22.9 Å². The maximum atomic E-state index is 12.2. The van der Waals surface area contributed by atoms with Crippen LogP contribution in [0.4, 0.5) is 0 Å². The lowest BCUT2D eigenvalue weighted by Gasteiger charge is -2.11. The average Bonchev–Trinajstić information content (AvgIpc) is 2.95. The number of ether oxygens (including phenoxy) is 1. The Labute approximate surface area is 144 Å². The first-order valence-corrected chi connectivity index (χ1v) is 7.63. The van der Waals surface area contributed by atoms with Crippen molar-refractivity contribution >= 4 is 23.5 Å². The van der Waals surface area contributed by atoms with E-state index in [1.807, 2.05) is 0 Å². The third kappa shape index (κ3) is 4.23. The van der Waals surface area contributed by atoms with E-state index in [1.165, 1.54) is 13.0 Å². The largest absolute Gasteiger partial charge is 0.448 e. The van der Waals surface area contributed by atoms with Crippen LogP contribution in [0.1, 0.15) is 23.2 Å². The van der Waals surface area contributed by atoms with Gasteiger partial charge in [-0.1, -0.05) is 17.7 Å². The van der Waals surface area contributed by atoms with Crippen molar-refractivity contribution in [1.82, 2.24) is 10.3 Å². The SMILES string of the molecule is C=CCNC(=O)[C@H](C)OC(=O)c1nc(-c2ccc(Cl)cc2)oc1C. The molecule has 0 saturated heterocycles. The number of esters is 1. The van der Waals surface area contributed by atoms with Crippen LogP contribution in [0.15, 0.2) is 41.3 Å². The van der Waals surface area contributed by atoms with E-state index in [4.69, 9.17) is 20.8 Å². The highest BCUT2D eigenvalue weighted by Gasteiger charge is 2.24. The Morgan fingerprint density at radius 3 is 2.71 bits per heavy atom. The molecule has 6 nitrogen and oxygen atoms in total. The molecule has 2 rings (SSSR count). The fourth-order valence-electron chi connectivity index (χ4n) is 1.89. The molecule has 2 aromatic rings. The number of aryl methyl sites for hydroxylation is 1. The molecule has 7 heteroatoms. The molecule has 24 heavy (non-hydrogen) atoms. The number of benzene rings is 1. The zero-order valence-electron chi connectivity index (χ0n) is 13.3. The molecule has 1 aromatic carbocycles. The number of carbonyl (C=O) groups excluding carboxylic acids is 2. The molecule has 0 aliphatic carbocycles. The number of aromatic nitrogens is 1. The maximum Gasteiger partial charge on any atom is 0.361 e. The molecule has 1 heterocycles. The standard InChI is InChI=1S/C17H17ClN2O4/c1-4-9-19-15(21)11(3)24-17(22)14-10(2)23-16(20-14)12-5-7-13(18)8-6-12/h4-8,11H,1,9H2,2-3H3,(H,19,21)/t11-/m0/s1. The Morgan fingerprint density at radius 1 is 1.42 bits per heavy atom. The third-order valence-electron chi connectivity index (χ3n) is 3.15. The smallest absolute Gasteiger partial charge is 0.361 e. The van der Waals surface area contributed by atoms with Gasteiger partial charge < -0.3 is 14.5 Å². The van der Waals surface area contributed by atoms with Gasteiger partial charge >= 0.3 is 5.97 Å².